The zero-order chi connectivity index (χ0) is 23.3. The van der Waals surface area contributed by atoms with Crippen molar-refractivity contribution in [3.05, 3.63) is 51.1 Å². The molecule has 32 heavy (non-hydrogen) atoms. The fourth-order valence-corrected chi connectivity index (χ4v) is 5.11. The standard InChI is InChI=1S/C21H18F2N2O4S3/c22-14-6-12(7-15(23)9-14)13-8-16(31-11-13)10-17-20(29)25(21(30)32-17)5-3-18(26)24-4-1-2-19(27)28/h6-11H,1-5H2,(H,24,26)(H,27,28)/b17-10-. The van der Waals surface area contributed by atoms with Gasteiger partial charge in [-0.05, 0) is 47.2 Å². The van der Waals surface area contributed by atoms with Crippen LogP contribution in [0.25, 0.3) is 17.2 Å². The number of benzene rings is 1. The largest absolute Gasteiger partial charge is 0.481 e. The van der Waals surface area contributed by atoms with Crippen LogP contribution in [0.15, 0.2) is 34.6 Å². The number of nitrogens with one attached hydrogen (secondary N) is 1. The Labute approximate surface area is 196 Å². The summed E-state index contributed by atoms with van der Waals surface area (Å²) in [6, 6.07) is 5.01. The fraction of sp³-hybridized carbons (Fsp3) is 0.238. The van der Waals surface area contributed by atoms with Crippen molar-refractivity contribution in [2.45, 2.75) is 19.3 Å². The molecule has 1 saturated heterocycles. The summed E-state index contributed by atoms with van der Waals surface area (Å²) in [6.45, 7) is 0.365. The molecule has 0 bridgehead atoms. The quantitative estimate of drug-likeness (QED) is 0.306. The Bertz CT molecular complexity index is 1080. The van der Waals surface area contributed by atoms with Crippen LogP contribution in [0.2, 0.25) is 0 Å². The van der Waals surface area contributed by atoms with Gasteiger partial charge >= 0.3 is 5.97 Å². The van der Waals surface area contributed by atoms with Crippen molar-refractivity contribution >= 4 is 63.5 Å². The third-order valence-electron chi connectivity index (χ3n) is 4.41. The van der Waals surface area contributed by atoms with Crippen LogP contribution in [0, 0.1) is 11.6 Å². The molecule has 2 N–H and O–H groups in total. The monoisotopic (exact) mass is 496 g/mol. The highest BCUT2D eigenvalue weighted by molar-refractivity contribution is 8.26. The maximum atomic E-state index is 13.5. The number of thioether (sulfide) groups is 1. The number of aliphatic carboxylic acids is 1. The van der Waals surface area contributed by atoms with E-state index in [4.69, 9.17) is 17.3 Å². The number of thiocarbonyl (C=S) groups is 1. The van der Waals surface area contributed by atoms with E-state index in [0.717, 1.165) is 22.7 Å². The van der Waals surface area contributed by atoms with Gasteiger partial charge in [0.2, 0.25) is 5.91 Å². The molecule has 168 valence electrons. The molecular formula is C21H18F2N2O4S3. The number of amides is 2. The molecule has 0 unspecified atom stereocenters. The smallest absolute Gasteiger partial charge is 0.303 e. The average Bonchev–Trinajstić information content (AvgIpc) is 3.28. The highest BCUT2D eigenvalue weighted by atomic mass is 32.2. The summed E-state index contributed by atoms with van der Waals surface area (Å²) in [7, 11) is 0. The van der Waals surface area contributed by atoms with Gasteiger partial charge in [-0.1, -0.05) is 24.0 Å². The summed E-state index contributed by atoms with van der Waals surface area (Å²) in [5, 5.41) is 12.9. The number of hydrogen-bond donors (Lipinski definition) is 2. The van der Waals surface area contributed by atoms with Crippen molar-refractivity contribution in [2.75, 3.05) is 13.1 Å². The van der Waals surface area contributed by atoms with E-state index in [2.05, 4.69) is 5.32 Å². The van der Waals surface area contributed by atoms with Gasteiger partial charge in [-0.25, -0.2) is 8.78 Å². The topological polar surface area (TPSA) is 86.7 Å². The molecular weight excluding hydrogens is 478 g/mol. The number of carbonyl (C=O) groups is 3. The van der Waals surface area contributed by atoms with Crippen LogP contribution < -0.4 is 5.32 Å². The Balaban J connectivity index is 1.59. The molecule has 1 aliphatic rings. The van der Waals surface area contributed by atoms with Crippen molar-refractivity contribution in [3.63, 3.8) is 0 Å². The zero-order valence-corrected chi connectivity index (χ0v) is 19.0. The summed E-state index contributed by atoms with van der Waals surface area (Å²) in [6.07, 6.45) is 2.00. The maximum Gasteiger partial charge on any atom is 0.303 e. The van der Waals surface area contributed by atoms with E-state index < -0.39 is 17.6 Å². The van der Waals surface area contributed by atoms with Crippen LogP contribution in [-0.2, 0) is 14.4 Å². The first kappa shape index (κ1) is 24.0. The predicted molar refractivity (Wildman–Crippen MR) is 124 cm³/mol. The molecule has 0 radical (unpaired) electrons. The molecule has 2 aromatic rings. The Kier molecular flexibility index (Phi) is 8.10. The van der Waals surface area contributed by atoms with Crippen molar-refractivity contribution < 1.29 is 28.3 Å². The lowest BCUT2D eigenvalue weighted by atomic mass is 10.1. The van der Waals surface area contributed by atoms with E-state index in [9.17, 15) is 23.2 Å². The minimum atomic E-state index is -0.926. The second-order valence-electron chi connectivity index (χ2n) is 6.83. The van der Waals surface area contributed by atoms with E-state index >= 15 is 0 Å². The Morgan fingerprint density at radius 3 is 2.53 bits per heavy atom. The lowest BCUT2D eigenvalue weighted by Gasteiger charge is -2.14. The summed E-state index contributed by atoms with van der Waals surface area (Å²) >= 11 is 7.70. The molecule has 11 heteroatoms. The van der Waals surface area contributed by atoms with Gasteiger partial charge in [0.05, 0.1) is 4.91 Å². The molecule has 0 atom stereocenters. The van der Waals surface area contributed by atoms with Crippen LogP contribution in [0.5, 0.6) is 0 Å². The molecule has 1 aromatic heterocycles. The van der Waals surface area contributed by atoms with Crippen LogP contribution in [0.4, 0.5) is 8.78 Å². The molecule has 0 saturated carbocycles. The minimum absolute atomic E-state index is 0.0294. The van der Waals surface area contributed by atoms with Gasteiger partial charge in [-0.15, -0.1) is 11.3 Å². The number of rotatable bonds is 9. The van der Waals surface area contributed by atoms with Gasteiger partial charge in [0, 0.05) is 36.9 Å². The maximum absolute atomic E-state index is 13.5. The molecule has 1 aliphatic heterocycles. The van der Waals surface area contributed by atoms with Crippen molar-refractivity contribution in [1.29, 1.82) is 0 Å². The summed E-state index contributed by atoms with van der Waals surface area (Å²) < 4.78 is 27.3. The second-order valence-corrected chi connectivity index (χ2v) is 9.45. The molecule has 2 amide bonds. The SMILES string of the molecule is O=C(O)CCCNC(=O)CCN1C(=O)/C(=C/c2cc(-c3cc(F)cc(F)c3)cs2)SC1=S. The summed E-state index contributed by atoms with van der Waals surface area (Å²) in [5.41, 5.74) is 1.04. The third-order valence-corrected chi connectivity index (χ3v) is 6.67. The van der Waals surface area contributed by atoms with Gasteiger partial charge in [0.1, 0.15) is 16.0 Å². The van der Waals surface area contributed by atoms with Crippen LogP contribution in [-0.4, -0.2) is 45.2 Å². The normalized spacial score (nSPS) is 14.9. The van der Waals surface area contributed by atoms with E-state index in [1.807, 2.05) is 0 Å². The van der Waals surface area contributed by atoms with Gasteiger partial charge < -0.3 is 10.4 Å². The molecule has 2 heterocycles. The Morgan fingerprint density at radius 1 is 1.12 bits per heavy atom. The van der Waals surface area contributed by atoms with E-state index in [1.165, 1.54) is 28.4 Å². The van der Waals surface area contributed by atoms with Crippen molar-refractivity contribution in [2.24, 2.45) is 0 Å². The second kappa shape index (κ2) is 10.8. The predicted octanol–water partition coefficient (Wildman–Crippen LogP) is 4.27. The molecule has 1 aromatic carbocycles. The van der Waals surface area contributed by atoms with Gasteiger partial charge in [-0.3, -0.25) is 19.3 Å². The number of carboxylic acid groups (broad SMARTS) is 1. The number of hydrogen-bond acceptors (Lipinski definition) is 6. The minimum Gasteiger partial charge on any atom is -0.481 e. The highest BCUT2D eigenvalue weighted by Crippen LogP contribution is 2.35. The van der Waals surface area contributed by atoms with Crippen molar-refractivity contribution in [3.8, 4) is 11.1 Å². The molecule has 1 fully saturated rings. The van der Waals surface area contributed by atoms with E-state index in [1.54, 1.807) is 17.5 Å². The highest BCUT2D eigenvalue weighted by Gasteiger charge is 2.32. The molecule has 0 aliphatic carbocycles. The van der Waals surface area contributed by atoms with E-state index in [0.29, 0.717) is 26.8 Å². The number of thiophene rings is 1. The first-order valence-electron chi connectivity index (χ1n) is 9.52. The average molecular weight is 497 g/mol. The fourth-order valence-electron chi connectivity index (χ4n) is 2.89. The van der Waals surface area contributed by atoms with Crippen LogP contribution >= 0.6 is 35.3 Å². The number of halogens is 2. The first-order chi connectivity index (χ1) is 15.2. The third kappa shape index (κ3) is 6.44. The summed E-state index contributed by atoms with van der Waals surface area (Å²) in [5.74, 6) is -2.87. The van der Waals surface area contributed by atoms with Crippen LogP contribution in [0.3, 0.4) is 0 Å². The lowest BCUT2D eigenvalue weighted by Crippen LogP contribution is -2.33. The number of carbonyl (C=O) groups excluding carboxylic acids is 2. The lowest BCUT2D eigenvalue weighted by molar-refractivity contribution is -0.137. The Hall–Kier alpha value is -2.63. The zero-order valence-electron chi connectivity index (χ0n) is 16.6. The Morgan fingerprint density at radius 2 is 1.84 bits per heavy atom. The van der Waals surface area contributed by atoms with Crippen molar-refractivity contribution in [1.82, 2.24) is 10.2 Å². The first-order valence-corrected chi connectivity index (χ1v) is 11.6. The molecule has 6 nitrogen and oxygen atoms in total. The van der Waals surface area contributed by atoms with E-state index in [-0.39, 0.29) is 37.7 Å². The van der Waals surface area contributed by atoms with Crippen LogP contribution in [0.1, 0.15) is 24.1 Å². The van der Waals surface area contributed by atoms with Gasteiger partial charge in [0.25, 0.3) is 5.91 Å². The number of carboxylic acids is 1. The molecule has 0 spiro atoms. The molecule has 3 rings (SSSR count). The van der Waals surface area contributed by atoms with Gasteiger partial charge in [-0.2, -0.15) is 0 Å². The van der Waals surface area contributed by atoms with Gasteiger partial charge in [0.15, 0.2) is 0 Å². The summed E-state index contributed by atoms with van der Waals surface area (Å²) in [4.78, 5) is 37.5. The number of nitrogens with zero attached hydrogens (tertiary/aromatic N) is 1.